The van der Waals surface area contributed by atoms with Crippen molar-refractivity contribution in [2.45, 2.75) is 26.5 Å². The summed E-state index contributed by atoms with van der Waals surface area (Å²) < 4.78 is 10.8. The molecule has 0 saturated carbocycles. The lowest BCUT2D eigenvalue weighted by atomic mass is 9.95. The molecule has 0 aromatic heterocycles. The standard InChI is InChI=1S/C21H22N2O4/c1-13-7-9-15(10-8-13)12-27-17-6-4-5-16(11-17)19-18(20(24)26-3)14(2)22-21(25)23-19/h4-11,19H,12H2,1-3H3,(H2,22,23,25). The summed E-state index contributed by atoms with van der Waals surface area (Å²) in [6.07, 6.45) is 0. The van der Waals surface area contributed by atoms with Gasteiger partial charge < -0.3 is 20.1 Å². The second kappa shape index (κ2) is 7.95. The Morgan fingerprint density at radius 2 is 1.85 bits per heavy atom. The van der Waals surface area contributed by atoms with Crippen LogP contribution >= 0.6 is 0 Å². The predicted octanol–water partition coefficient (Wildman–Crippen LogP) is 3.37. The van der Waals surface area contributed by atoms with Crippen molar-refractivity contribution in [3.05, 3.63) is 76.5 Å². The van der Waals surface area contributed by atoms with Gasteiger partial charge in [-0.25, -0.2) is 9.59 Å². The lowest BCUT2D eigenvalue weighted by Crippen LogP contribution is -2.45. The van der Waals surface area contributed by atoms with E-state index in [9.17, 15) is 9.59 Å². The largest absolute Gasteiger partial charge is 0.489 e. The normalized spacial score (nSPS) is 16.4. The zero-order chi connectivity index (χ0) is 19.4. The SMILES string of the molecule is COC(=O)C1=C(C)NC(=O)NC1c1cccc(OCc2ccc(C)cc2)c1. The molecule has 27 heavy (non-hydrogen) atoms. The quantitative estimate of drug-likeness (QED) is 0.796. The zero-order valence-corrected chi connectivity index (χ0v) is 15.5. The molecule has 1 heterocycles. The number of methoxy groups -OCH3 is 1. The van der Waals surface area contributed by atoms with Crippen LogP contribution in [0.25, 0.3) is 0 Å². The summed E-state index contributed by atoms with van der Waals surface area (Å²) in [6.45, 7) is 4.15. The molecule has 2 amide bonds. The molecule has 0 spiro atoms. The monoisotopic (exact) mass is 366 g/mol. The Kier molecular flexibility index (Phi) is 5.45. The molecule has 0 bridgehead atoms. The Bertz CT molecular complexity index is 887. The second-order valence-electron chi connectivity index (χ2n) is 6.41. The number of amides is 2. The molecule has 6 nitrogen and oxygen atoms in total. The molecule has 2 N–H and O–H groups in total. The molecule has 2 aromatic carbocycles. The van der Waals surface area contributed by atoms with Crippen LogP contribution in [-0.4, -0.2) is 19.1 Å². The van der Waals surface area contributed by atoms with Crippen molar-refractivity contribution in [2.75, 3.05) is 7.11 Å². The van der Waals surface area contributed by atoms with E-state index in [-0.39, 0.29) is 6.03 Å². The summed E-state index contributed by atoms with van der Waals surface area (Å²) in [5, 5.41) is 5.38. The molecule has 0 radical (unpaired) electrons. The second-order valence-corrected chi connectivity index (χ2v) is 6.41. The van der Waals surface area contributed by atoms with E-state index in [4.69, 9.17) is 9.47 Å². The van der Waals surface area contributed by atoms with E-state index in [0.717, 1.165) is 11.1 Å². The smallest absolute Gasteiger partial charge is 0.337 e. The maximum absolute atomic E-state index is 12.2. The number of hydrogen-bond acceptors (Lipinski definition) is 4. The molecule has 6 heteroatoms. The average Bonchev–Trinajstić information content (AvgIpc) is 2.66. The van der Waals surface area contributed by atoms with Crippen molar-refractivity contribution in [1.29, 1.82) is 0 Å². The molecule has 1 aliphatic rings. The first kappa shape index (κ1) is 18.5. The number of aryl methyl sites for hydroxylation is 1. The molecule has 1 atom stereocenters. The summed E-state index contributed by atoms with van der Waals surface area (Å²) in [4.78, 5) is 24.1. The molecular formula is C21H22N2O4. The molecule has 1 aliphatic heterocycles. The Morgan fingerprint density at radius 3 is 2.56 bits per heavy atom. The first-order valence-electron chi connectivity index (χ1n) is 8.63. The number of carbonyl (C=O) groups is 2. The summed E-state index contributed by atoms with van der Waals surface area (Å²) >= 11 is 0. The van der Waals surface area contributed by atoms with Gasteiger partial charge in [0.05, 0.1) is 18.7 Å². The summed E-state index contributed by atoms with van der Waals surface area (Å²) in [6, 6.07) is 14.5. The Labute approximate surface area is 158 Å². The molecule has 0 aliphatic carbocycles. The van der Waals surface area contributed by atoms with Gasteiger partial charge in [-0.3, -0.25) is 0 Å². The van der Waals surface area contributed by atoms with Gasteiger partial charge in [0.1, 0.15) is 12.4 Å². The highest BCUT2D eigenvalue weighted by molar-refractivity contribution is 5.94. The van der Waals surface area contributed by atoms with E-state index in [1.54, 1.807) is 6.92 Å². The minimum Gasteiger partial charge on any atom is -0.489 e. The molecule has 2 aromatic rings. The molecule has 1 unspecified atom stereocenters. The number of allylic oxidation sites excluding steroid dienone is 1. The van der Waals surface area contributed by atoms with Crippen molar-refractivity contribution in [1.82, 2.24) is 10.6 Å². The topological polar surface area (TPSA) is 76.7 Å². The Hall–Kier alpha value is -3.28. The first-order chi connectivity index (χ1) is 13.0. The van der Waals surface area contributed by atoms with E-state index in [0.29, 0.717) is 23.6 Å². The molecule has 0 fully saturated rings. The molecule has 3 rings (SSSR count). The van der Waals surface area contributed by atoms with Gasteiger partial charge in [-0.15, -0.1) is 0 Å². The highest BCUT2D eigenvalue weighted by Gasteiger charge is 2.31. The van der Waals surface area contributed by atoms with Gasteiger partial charge in [-0.05, 0) is 37.1 Å². The third-order valence-electron chi connectivity index (χ3n) is 4.39. The number of hydrogen-bond donors (Lipinski definition) is 2. The zero-order valence-electron chi connectivity index (χ0n) is 15.5. The third-order valence-corrected chi connectivity index (χ3v) is 4.39. The summed E-state index contributed by atoms with van der Waals surface area (Å²) in [5.41, 5.74) is 3.84. The van der Waals surface area contributed by atoms with Crippen LogP contribution in [0.3, 0.4) is 0 Å². The maximum Gasteiger partial charge on any atom is 0.337 e. The van der Waals surface area contributed by atoms with Crippen LogP contribution in [0.4, 0.5) is 4.79 Å². The van der Waals surface area contributed by atoms with Crippen molar-refractivity contribution < 1.29 is 19.1 Å². The van der Waals surface area contributed by atoms with Gasteiger partial charge in [0.25, 0.3) is 0 Å². The number of ether oxygens (including phenoxy) is 2. The van der Waals surface area contributed by atoms with Crippen molar-refractivity contribution in [3.8, 4) is 5.75 Å². The fraction of sp³-hybridized carbons (Fsp3) is 0.238. The lowest BCUT2D eigenvalue weighted by molar-refractivity contribution is -0.136. The number of carbonyl (C=O) groups excluding carboxylic acids is 2. The lowest BCUT2D eigenvalue weighted by Gasteiger charge is -2.28. The average molecular weight is 366 g/mol. The first-order valence-corrected chi connectivity index (χ1v) is 8.63. The third kappa shape index (κ3) is 4.28. The minimum atomic E-state index is -0.603. The number of esters is 1. The Balaban J connectivity index is 1.83. The fourth-order valence-electron chi connectivity index (χ4n) is 2.96. The van der Waals surface area contributed by atoms with Crippen LogP contribution < -0.4 is 15.4 Å². The maximum atomic E-state index is 12.2. The number of nitrogens with one attached hydrogen (secondary N) is 2. The highest BCUT2D eigenvalue weighted by Crippen LogP contribution is 2.29. The van der Waals surface area contributed by atoms with Gasteiger partial charge in [-0.2, -0.15) is 0 Å². The minimum absolute atomic E-state index is 0.365. The van der Waals surface area contributed by atoms with Gasteiger partial charge in [-0.1, -0.05) is 42.0 Å². The number of benzene rings is 2. The molecule has 0 saturated heterocycles. The highest BCUT2D eigenvalue weighted by atomic mass is 16.5. The van der Waals surface area contributed by atoms with Gasteiger partial charge in [0, 0.05) is 5.70 Å². The van der Waals surface area contributed by atoms with Gasteiger partial charge >= 0.3 is 12.0 Å². The summed E-state index contributed by atoms with van der Waals surface area (Å²) in [5.74, 6) is 0.165. The van der Waals surface area contributed by atoms with Crippen LogP contribution in [0, 0.1) is 6.92 Å². The number of rotatable bonds is 5. The van der Waals surface area contributed by atoms with Crippen LogP contribution in [0.5, 0.6) is 5.75 Å². The van der Waals surface area contributed by atoms with E-state index in [2.05, 4.69) is 10.6 Å². The van der Waals surface area contributed by atoms with Gasteiger partial charge in [0.15, 0.2) is 0 Å². The van der Waals surface area contributed by atoms with Crippen molar-refractivity contribution >= 4 is 12.0 Å². The predicted molar refractivity (Wildman–Crippen MR) is 101 cm³/mol. The van der Waals surface area contributed by atoms with E-state index in [1.807, 2.05) is 55.5 Å². The summed E-state index contributed by atoms with van der Waals surface area (Å²) in [7, 11) is 1.32. The Morgan fingerprint density at radius 1 is 1.11 bits per heavy atom. The van der Waals surface area contributed by atoms with E-state index < -0.39 is 12.0 Å². The van der Waals surface area contributed by atoms with E-state index >= 15 is 0 Å². The van der Waals surface area contributed by atoms with Crippen LogP contribution in [0.15, 0.2) is 59.8 Å². The molecular weight excluding hydrogens is 344 g/mol. The van der Waals surface area contributed by atoms with E-state index in [1.165, 1.54) is 12.7 Å². The van der Waals surface area contributed by atoms with Gasteiger partial charge in [0.2, 0.25) is 0 Å². The van der Waals surface area contributed by atoms with Crippen molar-refractivity contribution in [2.24, 2.45) is 0 Å². The number of urea groups is 1. The van der Waals surface area contributed by atoms with Crippen LogP contribution in [0.2, 0.25) is 0 Å². The molecule has 140 valence electrons. The van der Waals surface area contributed by atoms with Crippen LogP contribution in [-0.2, 0) is 16.1 Å². The van der Waals surface area contributed by atoms with Crippen LogP contribution in [0.1, 0.15) is 29.7 Å². The van der Waals surface area contributed by atoms with Crippen molar-refractivity contribution in [3.63, 3.8) is 0 Å². The fourth-order valence-corrected chi connectivity index (χ4v) is 2.96.